The van der Waals surface area contributed by atoms with Gasteiger partial charge in [0, 0.05) is 11.3 Å². The van der Waals surface area contributed by atoms with Crippen molar-refractivity contribution in [2.24, 2.45) is 0 Å². The molecule has 0 saturated carbocycles. The molecular weight excluding hydrogens is 271 g/mol. The van der Waals surface area contributed by atoms with E-state index < -0.39 is 5.97 Å². The van der Waals surface area contributed by atoms with Gasteiger partial charge in [0.15, 0.2) is 5.82 Å². The fraction of sp³-hybridized carbons (Fsp3) is 0.250. The van der Waals surface area contributed by atoms with E-state index in [9.17, 15) is 9.18 Å². The number of carboxylic acids is 1. The van der Waals surface area contributed by atoms with E-state index in [-0.39, 0.29) is 12.2 Å². The molecule has 19 heavy (non-hydrogen) atoms. The van der Waals surface area contributed by atoms with Gasteiger partial charge >= 0.3 is 5.97 Å². The van der Waals surface area contributed by atoms with Crippen molar-refractivity contribution in [2.75, 3.05) is 5.75 Å². The fourth-order valence-electron chi connectivity index (χ4n) is 1.35. The number of rotatable bonds is 6. The van der Waals surface area contributed by atoms with Crippen LogP contribution in [0.5, 0.6) is 0 Å². The van der Waals surface area contributed by atoms with Gasteiger partial charge in [0.1, 0.15) is 5.82 Å². The molecule has 0 amide bonds. The summed E-state index contributed by atoms with van der Waals surface area (Å²) >= 11 is 1.42. The number of aromatic nitrogens is 2. The summed E-state index contributed by atoms with van der Waals surface area (Å²) in [7, 11) is 0. The Kier molecular flexibility index (Phi) is 4.51. The highest BCUT2D eigenvalue weighted by Gasteiger charge is 2.09. The third kappa shape index (κ3) is 4.06. The van der Waals surface area contributed by atoms with Crippen molar-refractivity contribution in [3.63, 3.8) is 0 Å². The van der Waals surface area contributed by atoms with E-state index in [1.54, 1.807) is 12.1 Å². The molecule has 0 unspecified atom stereocenters. The molecule has 0 aliphatic rings. The third-order valence-electron chi connectivity index (χ3n) is 2.25. The first kappa shape index (κ1) is 13.5. The van der Waals surface area contributed by atoms with E-state index in [2.05, 4.69) is 10.1 Å². The van der Waals surface area contributed by atoms with Crippen molar-refractivity contribution < 1.29 is 18.8 Å². The summed E-state index contributed by atoms with van der Waals surface area (Å²) in [6.07, 6.45) is 0.105. The maximum atomic E-state index is 12.8. The lowest BCUT2D eigenvalue weighted by molar-refractivity contribution is -0.136. The Morgan fingerprint density at radius 2 is 2.11 bits per heavy atom. The van der Waals surface area contributed by atoms with Crippen molar-refractivity contribution in [3.8, 4) is 11.5 Å². The number of hydrogen-bond donors (Lipinski definition) is 1. The monoisotopic (exact) mass is 282 g/mol. The van der Waals surface area contributed by atoms with Crippen molar-refractivity contribution in [1.82, 2.24) is 10.1 Å². The molecule has 0 aliphatic heterocycles. The van der Waals surface area contributed by atoms with Gasteiger partial charge in [-0.3, -0.25) is 4.79 Å². The Morgan fingerprint density at radius 3 is 2.79 bits per heavy atom. The Bertz CT molecular complexity index is 556. The minimum absolute atomic E-state index is 0.105. The molecule has 0 fully saturated rings. The summed E-state index contributed by atoms with van der Waals surface area (Å²) in [5, 5.41) is 12.3. The molecule has 1 heterocycles. The Balaban J connectivity index is 1.91. The zero-order valence-corrected chi connectivity index (χ0v) is 10.7. The molecule has 0 saturated heterocycles. The molecule has 100 valence electrons. The number of aliphatic carboxylic acids is 1. The van der Waals surface area contributed by atoms with E-state index in [1.807, 2.05) is 0 Å². The van der Waals surface area contributed by atoms with E-state index in [0.717, 1.165) is 0 Å². The molecule has 5 nitrogen and oxygen atoms in total. The molecule has 0 bridgehead atoms. The highest BCUT2D eigenvalue weighted by molar-refractivity contribution is 7.98. The van der Waals surface area contributed by atoms with Crippen molar-refractivity contribution in [3.05, 3.63) is 35.9 Å². The zero-order valence-electron chi connectivity index (χ0n) is 9.88. The van der Waals surface area contributed by atoms with Gasteiger partial charge in [0.05, 0.1) is 12.2 Å². The van der Waals surface area contributed by atoms with Gasteiger partial charge in [-0.1, -0.05) is 5.16 Å². The first-order chi connectivity index (χ1) is 9.15. The van der Waals surface area contributed by atoms with Crippen LogP contribution in [0.4, 0.5) is 4.39 Å². The smallest absolute Gasteiger partial charge is 0.304 e. The van der Waals surface area contributed by atoms with Crippen LogP contribution in [0.15, 0.2) is 28.8 Å². The Hall–Kier alpha value is -1.89. The molecule has 0 atom stereocenters. The molecule has 2 aromatic rings. The minimum atomic E-state index is -0.826. The first-order valence-electron chi connectivity index (χ1n) is 5.53. The SMILES string of the molecule is O=C(O)CCSCc1noc(-c2ccc(F)cc2)n1. The normalized spacial score (nSPS) is 10.6. The van der Waals surface area contributed by atoms with E-state index in [0.29, 0.717) is 28.8 Å². The molecule has 1 aromatic heterocycles. The van der Waals surface area contributed by atoms with Gasteiger partial charge in [-0.2, -0.15) is 16.7 Å². The van der Waals surface area contributed by atoms with Crippen LogP contribution in [0.3, 0.4) is 0 Å². The van der Waals surface area contributed by atoms with Gasteiger partial charge in [0.2, 0.25) is 0 Å². The van der Waals surface area contributed by atoms with Crippen LogP contribution in [0, 0.1) is 5.82 Å². The van der Waals surface area contributed by atoms with Gasteiger partial charge in [-0.15, -0.1) is 0 Å². The van der Waals surface area contributed by atoms with Crippen LogP contribution in [0.2, 0.25) is 0 Å². The van der Waals surface area contributed by atoms with Gasteiger partial charge in [0.25, 0.3) is 5.89 Å². The van der Waals surface area contributed by atoms with Crippen LogP contribution in [0.25, 0.3) is 11.5 Å². The second kappa shape index (κ2) is 6.33. The average Bonchev–Trinajstić information content (AvgIpc) is 2.84. The third-order valence-corrected chi connectivity index (χ3v) is 3.21. The summed E-state index contributed by atoms with van der Waals surface area (Å²) in [6.45, 7) is 0. The molecule has 0 radical (unpaired) electrons. The lowest BCUT2D eigenvalue weighted by Crippen LogP contribution is -1.96. The summed E-state index contributed by atoms with van der Waals surface area (Å²) in [4.78, 5) is 14.5. The predicted octanol–water partition coefficient (Wildman–Crippen LogP) is 2.58. The lowest BCUT2D eigenvalue weighted by atomic mass is 10.2. The standard InChI is InChI=1S/C12H11FN2O3S/c13-9-3-1-8(2-4-9)12-14-10(15-18-12)7-19-6-5-11(16)17/h1-4H,5-7H2,(H,16,17). The molecule has 0 spiro atoms. The van der Waals surface area contributed by atoms with Crippen LogP contribution in [0.1, 0.15) is 12.2 Å². The van der Waals surface area contributed by atoms with Crippen LogP contribution in [-0.4, -0.2) is 27.0 Å². The molecule has 1 aromatic carbocycles. The topological polar surface area (TPSA) is 76.2 Å². The van der Waals surface area contributed by atoms with E-state index in [4.69, 9.17) is 9.63 Å². The largest absolute Gasteiger partial charge is 0.481 e. The molecular formula is C12H11FN2O3S. The summed E-state index contributed by atoms with van der Waals surface area (Å²) in [5.41, 5.74) is 0.649. The maximum absolute atomic E-state index is 12.8. The van der Waals surface area contributed by atoms with E-state index in [1.165, 1.54) is 23.9 Å². The maximum Gasteiger partial charge on any atom is 0.304 e. The fourth-order valence-corrected chi connectivity index (χ4v) is 2.11. The number of hydrogen-bond acceptors (Lipinski definition) is 5. The summed E-state index contributed by atoms with van der Waals surface area (Å²) in [5.74, 6) is 0.650. The quantitative estimate of drug-likeness (QED) is 0.821. The summed E-state index contributed by atoms with van der Waals surface area (Å²) in [6, 6.07) is 5.76. The Morgan fingerprint density at radius 1 is 1.37 bits per heavy atom. The number of carboxylic acid groups (broad SMARTS) is 1. The second-order valence-corrected chi connectivity index (χ2v) is 4.82. The second-order valence-electron chi connectivity index (χ2n) is 3.72. The highest BCUT2D eigenvalue weighted by atomic mass is 32.2. The average molecular weight is 282 g/mol. The van der Waals surface area contributed by atoms with Gasteiger partial charge in [-0.05, 0) is 24.3 Å². The van der Waals surface area contributed by atoms with E-state index >= 15 is 0 Å². The minimum Gasteiger partial charge on any atom is -0.481 e. The molecule has 7 heteroatoms. The number of halogens is 1. The Labute approximate surface area is 112 Å². The number of benzene rings is 1. The molecule has 0 aliphatic carbocycles. The van der Waals surface area contributed by atoms with Crippen LogP contribution < -0.4 is 0 Å². The lowest BCUT2D eigenvalue weighted by Gasteiger charge is -1.94. The van der Waals surface area contributed by atoms with Gasteiger partial charge in [-0.25, -0.2) is 4.39 Å². The number of thioether (sulfide) groups is 1. The highest BCUT2D eigenvalue weighted by Crippen LogP contribution is 2.19. The predicted molar refractivity (Wildman–Crippen MR) is 68.1 cm³/mol. The summed E-state index contributed by atoms with van der Waals surface area (Å²) < 4.78 is 17.8. The molecule has 1 N–H and O–H groups in total. The number of carbonyl (C=O) groups is 1. The van der Waals surface area contributed by atoms with Crippen LogP contribution in [-0.2, 0) is 10.5 Å². The van der Waals surface area contributed by atoms with Crippen LogP contribution >= 0.6 is 11.8 Å². The van der Waals surface area contributed by atoms with Gasteiger partial charge < -0.3 is 9.63 Å². The van der Waals surface area contributed by atoms with Crippen molar-refractivity contribution >= 4 is 17.7 Å². The zero-order chi connectivity index (χ0) is 13.7. The first-order valence-corrected chi connectivity index (χ1v) is 6.68. The van der Waals surface area contributed by atoms with Crippen molar-refractivity contribution in [1.29, 1.82) is 0 Å². The number of nitrogens with zero attached hydrogens (tertiary/aromatic N) is 2. The van der Waals surface area contributed by atoms with Crippen molar-refractivity contribution in [2.45, 2.75) is 12.2 Å². The molecule has 2 rings (SSSR count).